The topological polar surface area (TPSA) is 37.3 Å². The zero-order valence-corrected chi connectivity index (χ0v) is 19.9. The number of nitrogens with one attached hydrogen (secondary N) is 1. The van der Waals surface area contributed by atoms with Crippen LogP contribution < -0.4 is 5.32 Å². The molecule has 1 amide bonds. The van der Waals surface area contributed by atoms with Crippen molar-refractivity contribution in [1.29, 1.82) is 0 Å². The predicted molar refractivity (Wildman–Crippen MR) is 131 cm³/mol. The van der Waals surface area contributed by atoms with Gasteiger partial charge in [0.1, 0.15) is 0 Å². The largest absolute Gasteiger partial charge is 0.351 e. The van der Waals surface area contributed by atoms with Crippen molar-refractivity contribution < 1.29 is 4.79 Å². The van der Waals surface area contributed by atoms with E-state index < -0.39 is 0 Å². The third kappa shape index (κ3) is 5.69. The second-order valence-electron chi connectivity index (χ2n) is 8.20. The number of carbonyl (C=O) groups is 1. The number of fused-ring (bicyclic) bond motifs is 1. The molecule has 0 saturated carbocycles. The molecule has 0 aliphatic carbocycles. The zero-order valence-electron chi connectivity index (χ0n) is 19.2. The first-order chi connectivity index (χ1) is 14.9. The minimum Gasteiger partial charge on any atom is -0.351 e. The van der Waals surface area contributed by atoms with Crippen molar-refractivity contribution in [3.8, 4) is 0 Å². The first-order valence-corrected chi connectivity index (χ1v) is 11.7. The van der Waals surface area contributed by atoms with Crippen molar-refractivity contribution in [2.45, 2.75) is 47.1 Å². The van der Waals surface area contributed by atoms with Crippen LogP contribution >= 0.6 is 11.6 Å². The molecule has 5 heteroatoms. The molecule has 0 atom stereocenters. The van der Waals surface area contributed by atoms with Crippen LogP contribution in [-0.2, 0) is 6.54 Å². The Hall–Kier alpha value is -2.30. The fourth-order valence-corrected chi connectivity index (χ4v) is 4.13. The van der Waals surface area contributed by atoms with Crippen LogP contribution in [0.2, 0.25) is 5.02 Å². The fourth-order valence-electron chi connectivity index (χ4n) is 4.01. The van der Waals surface area contributed by atoms with Crippen molar-refractivity contribution in [3.63, 3.8) is 0 Å². The normalized spacial score (nSPS) is 11.4. The van der Waals surface area contributed by atoms with Crippen LogP contribution in [-0.4, -0.2) is 41.6 Å². The molecule has 3 rings (SSSR count). The summed E-state index contributed by atoms with van der Waals surface area (Å²) in [6.45, 7) is 13.1. The molecule has 3 aromatic rings. The Morgan fingerprint density at radius 2 is 1.81 bits per heavy atom. The second kappa shape index (κ2) is 10.8. The Kier molecular flexibility index (Phi) is 8.16. The molecule has 0 aliphatic rings. The summed E-state index contributed by atoms with van der Waals surface area (Å²) in [7, 11) is 0. The van der Waals surface area contributed by atoms with E-state index in [1.807, 2.05) is 24.3 Å². The maximum Gasteiger partial charge on any atom is 0.251 e. The third-order valence-electron chi connectivity index (χ3n) is 6.14. The molecule has 0 saturated heterocycles. The summed E-state index contributed by atoms with van der Waals surface area (Å²) in [5.74, 6) is -0.00375. The van der Waals surface area contributed by atoms with Gasteiger partial charge in [0, 0.05) is 46.8 Å². The van der Waals surface area contributed by atoms with Crippen LogP contribution in [0.1, 0.15) is 53.9 Å². The number of amides is 1. The number of likely N-dealkylation sites (N-methyl/N-ethyl adjacent to an activating group) is 1. The van der Waals surface area contributed by atoms with E-state index in [2.05, 4.69) is 60.7 Å². The van der Waals surface area contributed by atoms with Gasteiger partial charge in [-0.3, -0.25) is 4.79 Å². The van der Waals surface area contributed by atoms with E-state index >= 15 is 0 Å². The van der Waals surface area contributed by atoms with Crippen molar-refractivity contribution in [2.75, 3.05) is 26.2 Å². The molecule has 0 fully saturated rings. The molecule has 0 unspecified atom stereocenters. The molecule has 4 nitrogen and oxygen atoms in total. The van der Waals surface area contributed by atoms with Crippen LogP contribution in [0.3, 0.4) is 0 Å². The summed E-state index contributed by atoms with van der Waals surface area (Å²) >= 11 is 6.03. The van der Waals surface area contributed by atoms with E-state index in [0.717, 1.165) is 47.7 Å². The standard InChI is InChI=1S/C26H34ClN3O/c1-5-7-15-29(6-2)16-14-28-26(31)22-10-13-25-24(17-22)19(3)20(4)30(25)18-21-8-11-23(27)12-9-21/h8-13,17H,5-7,14-16,18H2,1-4H3,(H,28,31). The smallest absolute Gasteiger partial charge is 0.251 e. The number of hydrogen-bond donors (Lipinski definition) is 1. The maximum atomic E-state index is 12.7. The van der Waals surface area contributed by atoms with E-state index in [1.165, 1.54) is 29.7 Å². The van der Waals surface area contributed by atoms with Gasteiger partial charge in [-0.05, 0) is 74.8 Å². The van der Waals surface area contributed by atoms with E-state index in [4.69, 9.17) is 11.6 Å². The molecule has 2 aromatic carbocycles. The zero-order chi connectivity index (χ0) is 22.4. The van der Waals surface area contributed by atoms with Crippen molar-refractivity contribution in [1.82, 2.24) is 14.8 Å². The van der Waals surface area contributed by atoms with Gasteiger partial charge in [-0.1, -0.05) is 44.0 Å². The van der Waals surface area contributed by atoms with Gasteiger partial charge >= 0.3 is 0 Å². The van der Waals surface area contributed by atoms with E-state index in [-0.39, 0.29) is 5.91 Å². The number of unbranched alkanes of at least 4 members (excludes halogenated alkanes) is 1. The second-order valence-corrected chi connectivity index (χ2v) is 8.64. The lowest BCUT2D eigenvalue weighted by Gasteiger charge is -2.20. The number of carbonyl (C=O) groups excluding carboxylic acids is 1. The number of benzene rings is 2. The number of rotatable bonds is 10. The van der Waals surface area contributed by atoms with Crippen LogP contribution in [0.15, 0.2) is 42.5 Å². The Labute approximate surface area is 191 Å². The number of aromatic nitrogens is 1. The molecule has 0 spiro atoms. The third-order valence-corrected chi connectivity index (χ3v) is 6.40. The van der Waals surface area contributed by atoms with Gasteiger partial charge in [-0.25, -0.2) is 0 Å². The van der Waals surface area contributed by atoms with Gasteiger partial charge in [0.15, 0.2) is 0 Å². The SMILES string of the molecule is CCCCN(CC)CCNC(=O)c1ccc2c(c1)c(C)c(C)n2Cc1ccc(Cl)cc1. The molecule has 0 bridgehead atoms. The number of hydrogen-bond acceptors (Lipinski definition) is 2. The number of halogens is 1. The highest BCUT2D eigenvalue weighted by atomic mass is 35.5. The van der Waals surface area contributed by atoms with Gasteiger partial charge in [-0.15, -0.1) is 0 Å². The average molecular weight is 440 g/mol. The van der Waals surface area contributed by atoms with Crippen LogP contribution in [0.4, 0.5) is 0 Å². The number of aryl methyl sites for hydroxylation is 1. The Morgan fingerprint density at radius 1 is 1.06 bits per heavy atom. The van der Waals surface area contributed by atoms with Crippen molar-refractivity contribution in [3.05, 3.63) is 69.9 Å². The Bertz CT molecular complexity index is 1020. The average Bonchev–Trinajstić information content (AvgIpc) is 3.01. The summed E-state index contributed by atoms with van der Waals surface area (Å²) in [4.78, 5) is 15.1. The lowest BCUT2D eigenvalue weighted by Crippen LogP contribution is -2.35. The molecule has 31 heavy (non-hydrogen) atoms. The van der Waals surface area contributed by atoms with Gasteiger partial charge in [0.25, 0.3) is 5.91 Å². The van der Waals surface area contributed by atoms with E-state index in [9.17, 15) is 4.79 Å². The van der Waals surface area contributed by atoms with Crippen LogP contribution in [0.5, 0.6) is 0 Å². The first-order valence-electron chi connectivity index (χ1n) is 11.3. The molecule has 1 heterocycles. The Balaban J connectivity index is 1.73. The van der Waals surface area contributed by atoms with Crippen molar-refractivity contribution >= 4 is 28.4 Å². The molecule has 166 valence electrons. The summed E-state index contributed by atoms with van der Waals surface area (Å²) in [6, 6.07) is 14.0. The maximum absolute atomic E-state index is 12.7. The van der Waals surface area contributed by atoms with Gasteiger partial charge in [0.05, 0.1) is 0 Å². The highest BCUT2D eigenvalue weighted by Crippen LogP contribution is 2.27. The summed E-state index contributed by atoms with van der Waals surface area (Å²) in [5.41, 5.74) is 5.51. The molecule has 0 radical (unpaired) electrons. The van der Waals surface area contributed by atoms with Gasteiger partial charge in [-0.2, -0.15) is 0 Å². The molecular formula is C26H34ClN3O. The highest BCUT2D eigenvalue weighted by Gasteiger charge is 2.14. The molecular weight excluding hydrogens is 406 g/mol. The van der Waals surface area contributed by atoms with Gasteiger partial charge < -0.3 is 14.8 Å². The first kappa shape index (κ1) is 23.4. The fraction of sp³-hybridized carbons (Fsp3) is 0.423. The van der Waals surface area contributed by atoms with Gasteiger partial charge in [0.2, 0.25) is 0 Å². The quantitative estimate of drug-likeness (QED) is 0.432. The minimum absolute atomic E-state index is 0.00375. The predicted octanol–water partition coefficient (Wildman–Crippen LogP) is 5.81. The molecule has 1 aromatic heterocycles. The number of nitrogens with zero attached hydrogens (tertiary/aromatic N) is 2. The molecule has 1 N–H and O–H groups in total. The minimum atomic E-state index is -0.00375. The Morgan fingerprint density at radius 3 is 2.48 bits per heavy atom. The molecule has 0 aliphatic heterocycles. The monoisotopic (exact) mass is 439 g/mol. The van der Waals surface area contributed by atoms with E-state index in [0.29, 0.717) is 6.54 Å². The lowest BCUT2D eigenvalue weighted by atomic mass is 10.1. The summed E-state index contributed by atoms with van der Waals surface area (Å²) < 4.78 is 2.31. The van der Waals surface area contributed by atoms with E-state index in [1.54, 1.807) is 0 Å². The lowest BCUT2D eigenvalue weighted by molar-refractivity contribution is 0.0948. The summed E-state index contributed by atoms with van der Waals surface area (Å²) in [6.07, 6.45) is 2.39. The van der Waals surface area contributed by atoms with Crippen LogP contribution in [0, 0.1) is 13.8 Å². The van der Waals surface area contributed by atoms with Crippen molar-refractivity contribution in [2.24, 2.45) is 0 Å². The van der Waals surface area contributed by atoms with Crippen LogP contribution in [0.25, 0.3) is 10.9 Å². The highest BCUT2D eigenvalue weighted by molar-refractivity contribution is 6.30. The summed E-state index contributed by atoms with van der Waals surface area (Å²) in [5, 5.41) is 4.97.